The van der Waals surface area contributed by atoms with Crippen LogP contribution in [0.15, 0.2) is 10.6 Å². The summed E-state index contributed by atoms with van der Waals surface area (Å²) >= 11 is 0. The second-order valence-electron chi connectivity index (χ2n) is 4.24. The lowest BCUT2D eigenvalue weighted by molar-refractivity contribution is 0.347. The van der Waals surface area contributed by atoms with E-state index in [4.69, 9.17) is 10.3 Å². The minimum absolute atomic E-state index is 0.00470. The maximum atomic E-state index is 5.96. The molecular formula is C12H22N2O. The average Bonchev–Trinajstić information content (AvgIpc) is 2.67. The zero-order valence-electron chi connectivity index (χ0n) is 9.99. The molecule has 0 saturated heterocycles. The fourth-order valence-electron chi connectivity index (χ4n) is 1.74. The Hall–Kier alpha value is -0.830. The highest BCUT2D eigenvalue weighted by Gasteiger charge is 2.15. The molecule has 3 nitrogen and oxygen atoms in total. The summed E-state index contributed by atoms with van der Waals surface area (Å²) in [6.07, 6.45) is 4.35. The molecule has 86 valence electrons. The van der Waals surface area contributed by atoms with Crippen molar-refractivity contribution < 1.29 is 4.52 Å². The Balaban J connectivity index is 2.62. The van der Waals surface area contributed by atoms with Gasteiger partial charge in [-0.05, 0) is 12.8 Å². The zero-order valence-corrected chi connectivity index (χ0v) is 9.99. The molecule has 0 spiro atoms. The van der Waals surface area contributed by atoms with E-state index in [9.17, 15) is 0 Å². The van der Waals surface area contributed by atoms with Crippen molar-refractivity contribution in [3.63, 3.8) is 0 Å². The first-order chi connectivity index (χ1) is 7.19. The summed E-state index contributed by atoms with van der Waals surface area (Å²) in [5.74, 6) is 1.30. The van der Waals surface area contributed by atoms with Crippen molar-refractivity contribution in [3.05, 3.63) is 17.5 Å². The molecule has 0 radical (unpaired) electrons. The van der Waals surface area contributed by atoms with Crippen molar-refractivity contribution in [2.24, 2.45) is 5.73 Å². The topological polar surface area (TPSA) is 52.0 Å². The van der Waals surface area contributed by atoms with Crippen LogP contribution in [0, 0.1) is 0 Å². The first-order valence-electron chi connectivity index (χ1n) is 5.91. The normalized spacial score (nSPS) is 15.2. The Morgan fingerprint density at radius 1 is 1.33 bits per heavy atom. The van der Waals surface area contributed by atoms with Crippen molar-refractivity contribution in [2.45, 2.75) is 58.4 Å². The average molecular weight is 210 g/mol. The van der Waals surface area contributed by atoms with Crippen LogP contribution in [0.25, 0.3) is 0 Å². The predicted molar refractivity (Wildman–Crippen MR) is 61.7 cm³/mol. The highest BCUT2D eigenvalue weighted by atomic mass is 16.5. The van der Waals surface area contributed by atoms with Gasteiger partial charge in [-0.1, -0.05) is 38.8 Å². The predicted octanol–water partition coefficient (Wildman–Crippen LogP) is 3.38. The Bertz CT molecular complexity index is 256. The lowest BCUT2D eigenvalue weighted by Gasteiger charge is -2.05. The summed E-state index contributed by atoms with van der Waals surface area (Å²) in [4.78, 5) is 0. The van der Waals surface area contributed by atoms with Crippen LogP contribution in [-0.2, 0) is 0 Å². The van der Waals surface area contributed by atoms with Crippen LogP contribution in [0.3, 0.4) is 0 Å². The van der Waals surface area contributed by atoms with Crippen LogP contribution < -0.4 is 5.73 Å². The van der Waals surface area contributed by atoms with Gasteiger partial charge in [0.25, 0.3) is 0 Å². The third-order valence-corrected chi connectivity index (χ3v) is 2.74. The quantitative estimate of drug-likeness (QED) is 0.783. The monoisotopic (exact) mass is 210 g/mol. The lowest BCUT2D eigenvalue weighted by atomic mass is 10.0. The van der Waals surface area contributed by atoms with Gasteiger partial charge < -0.3 is 10.3 Å². The second-order valence-corrected chi connectivity index (χ2v) is 4.24. The van der Waals surface area contributed by atoms with E-state index in [2.05, 4.69) is 25.9 Å². The standard InChI is InChI=1S/C12H22N2O/c1-4-6-9(3)11-8-12(15-14-11)10(13)7-5-2/h8-10H,4-7,13H2,1-3H3. The molecule has 1 rings (SSSR count). The van der Waals surface area contributed by atoms with E-state index in [1.165, 1.54) is 6.42 Å². The summed E-state index contributed by atoms with van der Waals surface area (Å²) in [5, 5.41) is 4.08. The van der Waals surface area contributed by atoms with Gasteiger partial charge in [0, 0.05) is 12.0 Å². The lowest BCUT2D eigenvalue weighted by Crippen LogP contribution is -2.08. The van der Waals surface area contributed by atoms with Gasteiger partial charge in [-0.3, -0.25) is 0 Å². The second kappa shape index (κ2) is 5.91. The van der Waals surface area contributed by atoms with Gasteiger partial charge in [-0.2, -0.15) is 0 Å². The van der Waals surface area contributed by atoms with E-state index in [0.29, 0.717) is 5.92 Å². The molecule has 0 fully saturated rings. The van der Waals surface area contributed by atoms with E-state index in [1.807, 2.05) is 6.07 Å². The smallest absolute Gasteiger partial charge is 0.153 e. The summed E-state index contributed by atoms with van der Waals surface area (Å²) in [7, 11) is 0. The molecule has 0 aromatic carbocycles. The minimum Gasteiger partial charge on any atom is -0.359 e. The number of aromatic nitrogens is 1. The van der Waals surface area contributed by atoms with E-state index >= 15 is 0 Å². The first-order valence-corrected chi connectivity index (χ1v) is 5.91. The van der Waals surface area contributed by atoms with Crippen LogP contribution in [0.4, 0.5) is 0 Å². The molecule has 2 unspecified atom stereocenters. The third kappa shape index (κ3) is 3.34. The molecule has 0 saturated carbocycles. The molecule has 0 bridgehead atoms. The molecule has 0 aliphatic carbocycles. The van der Waals surface area contributed by atoms with Crippen molar-refractivity contribution in [2.75, 3.05) is 0 Å². The van der Waals surface area contributed by atoms with Crippen molar-refractivity contribution in [1.82, 2.24) is 5.16 Å². The van der Waals surface area contributed by atoms with Crippen LogP contribution in [0.1, 0.15) is 69.9 Å². The molecule has 2 atom stereocenters. The Labute approximate surface area is 92.0 Å². The number of hydrogen-bond donors (Lipinski definition) is 1. The summed E-state index contributed by atoms with van der Waals surface area (Å²) < 4.78 is 5.27. The molecular weight excluding hydrogens is 188 g/mol. The van der Waals surface area contributed by atoms with Crippen LogP contribution in [0.2, 0.25) is 0 Å². The molecule has 1 heterocycles. The molecule has 2 N–H and O–H groups in total. The van der Waals surface area contributed by atoms with E-state index in [-0.39, 0.29) is 6.04 Å². The van der Waals surface area contributed by atoms with Gasteiger partial charge in [0.15, 0.2) is 5.76 Å². The van der Waals surface area contributed by atoms with Crippen LogP contribution in [0.5, 0.6) is 0 Å². The van der Waals surface area contributed by atoms with Gasteiger partial charge in [-0.25, -0.2) is 0 Å². The molecule has 15 heavy (non-hydrogen) atoms. The summed E-state index contributed by atoms with van der Waals surface area (Å²) in [6, 6.07) is 2.02. The molecule has 0 aliphatic rings. The fourth-order valence-corrected chi connectivity index (χ4v) is 1.74. The highest BCUT2D eigenvalue weighted by molar-refractivity contribution is 5.12. The molecule has 0 aliphatic heterocycles. The largest absolute Gasteiger partial charge is 0.359 e. The molecule has 3 heteroatoms. The minimum atomic E-state index is 0.00470. The van der Waals surface area contributed by atoms with Crippen LogP contribution in [-0.4, -0.2) is 5.16 Å². The summed E-state index contributed by atoms with van der Waals surface area (Å²) in [5.41, 5.74) is 7.00. The van der Waals surface area contributed by atoms with Crippen LogP contribution >= 0.6 is 0 Å². The number of hydrogen-bond acceptors (Lipinski definition) is 3. The van der Waals surface area contributed by atoms with E-state index in [0.717, 1.165) is 30.7 Å². The third-order valence-electron chi connectivity index (χ3n) is 2.74. The molecule has 1 aromatic rings. The number of nitrogens with two attached hydrogens (primary N) is 1. The van der Waals surface area contributed by atoms with Crippen molar-refractivity contribution in [1.29, 1.82) is 0 Å². The van der Waals surface area contributed by atoms with Gasteiger partial charge in [0.1, 0.15) is 0 Å². The molecule has 0 amide bonds. The van der Waals surface area contributed by atoms with Gasteiger partial charge in [0.2, 0.25) is 0 Å². The Morgan fingerprint density at radius 2 is 2.00 bits per heavy atom. The molecule has 1 aromatic heterocycles. The fraction of sp³-hybridized carbons (Fsp3) is 0.750. The van der Waals surface area contributed by atoms with Gasteiger partial charge >= 0.3 is 0 Å². The Kier molecular flexibility index (Phi) is 4.82. The van der Waals surface area contributed by atoms with Gasteiger partial charge in [0.05, 0.1) is 11.7 Å². The van der Waals surface area contributed by atoms with Crippen molar-refractivity contribution >= 4 is 0 Å². The van der Waals surface area contributed by atoms with E-state index in [1.54, 1.807) is 0 Å². The number of rotatable bonds is 6. The number of nitrogens with zero attached hydrogens (tertiary/aromatic N) is 1. The van der Waals surface area contributed by atoms with Gasteiger partial charge in [-0.15, -0.1) is 0 Å². The maximum Gasteiger partial charge on any atom is 0.153 e. The SMILES string of the molecule is CCCC(C)c1cc(C(N)CCC)on1. The maximum absolute atomic E-state index is 5.96. The summed E-state index contributed by atoms with van der Waals surface area (Å²) in [6.45, 7) is 6.48. The Morgan fingerprint density at radius 3 is 2.60 bits per heavy atom. The van der Waals surface area contributed by atoms with E-state index < -0.39 is 0 Å². The van der Waals surface area contributed by atoms with Crippen molar-refractivity contribution in [3.8, 4) is 0 Å². The highest BCUT2D eigenvalue weighted by Crippen LogP contribution is 2.23. The zero-order chi connectivity index (χ0) is 11.3. The first kappa shape index (κ1) is 12.2.